The molecular formula is C13H21NO. The van der Waals surface area contributed by atoms with E-state index in [1.165, 1.54) is 11.3 Å². The molecule has 0 aliphatic heterocycles. The number of benzene rings is 1. The van der Waals surface area contributed by atoms with Crippen molar-refractivity contribution in [3.8, 4) is 0 Å². The summed E-state index contributed by atoms with van der Waals surface area (Å²) >= 11 is 0. The third kappa shape index (κ3) is 3.92. The summed E-state index contributed by atoms with van der Waals surface area (Å²) in [7, 11) is 1.72. The molecule has 0 saturated carbocycles. The van der Waals surface area contributed by atoms with Crippen LogP contribution in [0.25, 0.3) is 0 Å². The van der Waals surface area contributed by atoms with Crippen LogP contribution < -0.4 is 5.32 Å². The summed E-state index contributed by atoms with van der Waals surface area (Å²) in [5.41, 5.74) is 2.54. The molecule has 0 radical (unpaired) electrons. The van der Waals surface area contributed by atoms with Crippen molar-refractivity contribution < 1.29 is 4.74 Å². The minimum atomic E-state index is 0.345. The molecule has 1 aromatic carbocycles. The topological polar surface area (TPSA) is 21.3 Å². The Labute approximate surface area is 92.6 Å². The largest absolute Gasteiger partial charge is 0.383 e. The highest BCUT2D eigenvalue weighted by atomic mass is 16.5. The molecule has 0 heterocycles. The summed E-state index contributed by atoms with van der Waals surface area (Å²) in [6.45, 7) is 7.26. The fourth-order valence-electron chi connectivity index (χ4n) is 1.56. The van der Waals surface area contributed by atoms with Crippen LogP contribution in [0.3, 0.4) is 0 Å². The van der Waals surface area contributed by atoms with Gasteiger partial charge in [-0.3, -0.25) is 0 Å². The van der Waals surface area contributed by atoms with Gasteiger partial charge in [-0.25, -0.2) is 0 Å². The van der Waals surface area contributed by atoms with E-state index < -0.39 is 0 Å². The van der Waals surface area contributed by atoms with E-state index in [2.05, 4.69) is 50.4 Å². The molecule has 1 unspecified atom stereocenters. The van der Waals surface area contributed by atoms with Gasteiger partial charge in [0.15, 0.2) is 0 Å². The van der Waals surface area contributed by atoms with Gasteiger partial charge in [0.2, 0.25) is 0 Å². The number of rotatable bonds is 5. The van der Waals surface area contributed by atoms with E-state index in [-0.39, 0.29) is 0 Å². The van der Waals surface area contributed by atoms with Gasteiger partial charge in [-0.2, -0.15) is 0 Å². The molecule has 15 heavy (non-hydrogen) atoms. The van der Waals surface area contributed by atoms with Gasteiger partial charge in [-0.05, 0) is 30.5 Å². The Morgan fingerprint density at radius 2 is 2.00 bits per heavy atom. The molecule has 0 amide bonds. The normalized spacial score (nSPS) is 12.9. The summed E-state index contributed by atoms with van der Waals surface area (Å²) < 4.78 is 5.09. The van der Waals surface area contributed by atoms with E-state index in [1.807, 2.05) is 0 Å². The van der Waals surface area contributed by atoms with E-state index in [1.54, 1.807) is 7.11 Å². The summed E-state index contributed by atoms with van der Waals surface area (Å²) in [4.78, 5) is 0. The SMILES string of the molecule is COCC(C)Nc1cccc(C(C)C)c1. The average molecular weight is 207 g/mol. The molecule has 1 aromatic rings. The molecule has 0 bridgehead atoms. The van der Waals surface area contributed by atoms with Crippen molar-refractivity contribution >= 4 is 5.69 Å². The summed E-state index contributed by atoms with van der Waals surface area (Å²) in [6.07, 6.45) is 0. The second kappa shape index (κ2) is 5.76. The molecule has 84 valence electrons. The van der Waals surface area contributed by atoms with Gasteiger partial charge in [0.05, 0.1) is 6.61 Å². The Morgan fingerprint density at radius 1 is 1.27 bits per heavy atom. The molecule has 0 aliphatic rings. The number of ether oxygens (including phenoxy) is 1. The third-order valence-electron chi connectivity index (χ3n) is 2.38. The van der Waals surface area contributed by atoms with Crippen LogP contribution in [-0.4, -0.2) is 19.8 Å². The molecule has 1 N–H and O–H groups in total. The van der Waals surface area contributed by atoms with Gasteiger partial charge in [0, 0.05) is 18.8 Å². The first-order chi connectivity index (χ1) is 7.13. The van der Waals surface area contributed by atoms with Crippen LogP contribution in [-0.2, 0) is 4.74 Å². The zero-order valence-corrected chi connectivity index (χ0v) is 10.1. The van der Waals surface area contributed by atoms with Crippen LogP contribution in [0.4, 0.5) is 5.69 Å². The highest BCUT2D eigenvalue weighted by molar-refractivity contribution is 5.47. The zero-order valence-electron chi connectivity index (χ0n) is 10.1. The lowest BCUT2D eigenvalue weighted by molar-refractivity contribution is 0.190. The van der Waals surface area contributed by atoms with E-state index in [0.29, 0.717) is 12.0 Å². The first-order valence-electron chi connectivity index (χ1n) is 5.49. The number of methoxy groups -OCH3 is 1. The fourth-order valence-corrected chi connectivity index (χ4v) is 1.56. The maximum Gasteiger partial charge on any atom is 0.0661 e. The van der Waals surface area contributed by atoms with E-state index in [0.717, 1.165) is 6.61 Å². The van der Waals surface area contributed by atoms with Crippen molar-refractivity contribution in [3.63, 3.8) is 0 Å². The number of anilines is 1. The predicted octanol–water partition coefficient (Wildman–Crippen LogP) is 3.26. The van der Waals surface area contributed by atoms with E-state index in [9.17, 15) is 0 Å². The lowest BCUT2D eigenvalue weighted by atomic mass is 10.0. The van der Waals surface area contributed by atoms with Crippen molar-refractivity contribution in [2.45, 2.75) is 32.7 Å². The van der Waals surface area contributed by atoms with Gasteiger partial charge >= 0.3 is 0 Å². The van der Waals surface area contributed by atoms with Crippen LogP contribution in [0.1, 0.15) is 32.3 Å². The van der Waals surface area contributed by atoms with Crippen molar-refractivity contribution in [2.75, 3.05) is 19.0 Å². The smallest absolute Gasteiger partial charge is 0.0661 e. The van der Waals surface area contributed by atoms with E-state index >= 15 is 0 Å². The Balaban J connectivity index is 2.65. The van der Waals surface area contributed by atoms with Crippen LogP contribution in [0.2, 0.25) is 0 Å². The van der Waals surface area contributed by atoms with Gasteiger partial charge in [-0.15, -0.1) is 0 Å². The Morgan fingerprint density at radius 3 is 2.60 bits per heavy atom. The van der Waals surface area contributed by atoms with E-state index in [4.69, 9.17) is 4.74 Å². The van der Waals surface area contributed by atoms with Gasteiger partial charge < -0.3 is 10.1 Å². The fraction of sp³-hybridized carbons (Fsp3) is 0.538. The standard InChI is InChI=1S/C13H21NO/c1-10(2)12-6-5-7-13(8-12)14-11(3)9-15-4/h5-8,10-11,14H,9H2,1-4H3. The third-order valence-corrected chi connectivity index (χ3v) is 2.38. The van der Waals surface area contributed by atoms with Crippen LogP contribution in [0.15, 0.2) is 24.3 Å². The second-order valence-corrected chi connectivity index (χ2v) is 4.28. The lowest BCUT2D eigenvalue weighted by Crippen LogP contribution is -2.20. The van der Waals surface area contributed by atoms with Crippen LogP contribution in [0.5, 0.6) is 0 Å². The molecule has 1 atom stereocenters. The number of hydrogen-bond acceptors (Lipinski definition) is 2. The molecule has 2 nitrogen and oxygen atoms in total. The lowest BCUT2D eigenvalue weighted by Gasteiger charge is -2.15. The Hall–Kier alpha value is -1.02. The molecule has 0 fully saturated rings. The van der Waals surface area contributed by atoms with Crippen molar-refractivity contribution in [1.82, 2.24) is 0 Å². The minimum Gasteiger partial charge on any atom is -0.383 e. The summed E-state index contributed by atoms with van der Waals surface area (Å²) in [6, 6.07) is 8.90. The molecule has 0 saturated heterocycles. The maximum absolute atomic E-state index is 5.09. The molecule has 0 aromatic heterocycles. The molecule has 2 heteroatoms. The maximum atomic E-state index is 5.09. The van der Waals surface area contributed by atoms with Gasteiger partial charge in [-0.1, -0.05) is 26.0 Å². The molecular weight excluding hydrogens is 186 g/mol. The number of nitrogens with one attached hydrogen (secondary N) is 1. The second-order valence-electron chi connectivity index (χ2n) is 4.28. The monoisotopic (exact) mass is 207 g/mol. The van der Waals surface area contributed by atoms with Crippen molar-refractivity contribution in [3.05, 3.63) is 29.8 Å². The first kappa shape index (κ1) is 12.1. The Kier molecular flexibility index (Phi) is 4.63. The van der Waals surface area contributed by atoms with Crippen molar-refractivity contribution in [2.24, 2.45) is 0 Å². The Bertz CT molecular complexity index is 296. The van der Waals surface area contributed by atoms with Crippen molar-refractivity contribution in [1.29, 1.82) is 0 Å². The number of hydrogen-bond donors (Lipinski definition) is 1. The highest BCUT2D eigenvalue weighted by Gasteiger charge is 2.03. The molecule has 0 spiro atoms. The highest BCUT2D eigenvalue weighted by Crippen LogP contribution is 2.18. The minimum absolute atomic E-state index is 0.345. The average Bonchev–Trinajstić information content (AvgIpc) is 2.18. The van der Waals surface area contributed by atoms with Crippen LogP contribution in [0, 0.1) is 0 Å². The predicted molar refractivity (Wildman–Crippen MR) is 65.5 cm³/mol. The first-order valence-corrected chi connectivity index (χ1v) is 5.49. The quantitative estimate of drug-likeness (QED) is 0.800. The summed E-state index contributed by atoms with van der Waals surface area (Å²) in [5, 5.41) is 3.41. The molecule has 1 rings (SSSR count). The zero-order chi connectivity index (χ0) is 11.3. The molecule has 0 aliphatic carbocycles. The van der Waals surface area contributed by atoms with Gasteiger partial charge in [0.1, 0.15) is 0 Å². The summed E-state index contributed by atoms with van der Waals surface area (Å²) in [5.74, 6) is 0.574. The van der Waals surface area contributed by atoms with Crippen LogP contribution >= 0.6 is 0 Å². The van der Waals surface area contributed by atoms with Gasteiger partial charge in [0.25, 0.3) is 0 Å².